The molecule has 1 unspecified atom stereocenters. The summed E-state index contributed by atoms with van der Waals surface area (Å²) in [4.78, 5) is 0. The number of hydrogen-bond acceptors (Lipinski definition) is 5. The minimum absolute atomic E-state index is 0.0644. The maximum absolute atomic E-state index is 13.8. The maximum atomic E-state index is 13.8. The fraction of sp³-hybridized carbons (Fsp3) is 0.889. The lowest BCUT2D eigenvalue weighted by atomic mass is 10.1. The predicted octanol–water partition coefficient (Wildman–Crippen LogP) is -2.06. The molecule has 0 spiro atoms. The fourth-order valence-electron chi connectivity index (χ4n) is 2.05. The van der Waals surface area contributed by atoms with Crippen LogP contribution in [0.2, 0.25) is 0 Å². The minimum Gasteiger partial charge on any atom is -0.447 e. The second kappa shape index (κ2) is 4.57. The van der Waals surface area contributed by atoms with Gasteiger partial charge < -0.3 is 25.2 Å². The molecule has 2 aliphatic rings. The van der Waals surface area contributed by atoms with E-state index in [0.717, 1.165) is 4.58 Å². The van der Waals surface area contributed by atoms with Gasteiger partial charge in [0.2, 0.25) is 0 Å². The molecule has 0 aromatic heterocycles. The Kier molecular flexibility index (Phi) is 3.41. The van der Waals surface area contributed by atoms with Crippen molar-refractivity contribution in [3.8, 4) is 0 Å². The average Bonchev–Trinajstić information content (AvgIpc) is 2.52. The van der Waals surface area contributed by atoms with Crippen LogP contribution in [0.4, 0.5) is 8.78 Å². The molecule has 4 atom stereocenters. The lowest BCUT2D eigenvalue weighted by Crippen LogP contribution is -2.54. The quantitative estimate of drug-likeness (QED) is 0.369. The Labute approximate surface area is 101 Å². The van der Waals surface area contributed by atoms with E-state index < -0.39 is 43.2 Å². The number of nitrogens with zero attached hydrogens (tertiary/aromatic N) is 1. The third-order valence-electron chi connectivity index (χ3n) is 3.05. The number of amidine groups is 1. The molecule has 18 heavy (non-hydrogen) atoms. The highest BCUT2D eigenvalue weighted by atomic mass is 19.3. The van der Waals surface area contributed by atoms with Crippen molar-refractivity contribution in [3.05, 3.63) is 0 Å². The van der Waals surface area contributed by atoms with E-state index in [1.807, 2.05) is 0 Å². The van der Waals surface area contributed by atoms with Crippen LogP contribution in [0.3, 0.4) is 0 Å². The summed E-state index contributed by atoms with van der Waals surface area (Å²) in [5.41, 5.74) is 0. The molecule has 1 fully saturated rings. The number of alkyl halides is 2. The molecule has 104 valence electrons. The van der Waals surface area contributed by atoms with Gasteiger partial charge in [0.1, 0.15) is 6.10 Å². The van der Waals surface area contributed by atoms with Crippen molar-refractivity contribution in [3.63, 3.8) is 0 Å². The van der Waals surface area contributed by atoms with Gasteiger partial charge in [0.05, 0.1) is 19.6 Å². The molecule has 0 bridgehead atoms. The molecule has 5 N–H and O–H groups in total. The molecule has 0 amide bonds. The summed E-state index contributed by atoms with van der Waals surface area (Å²) in [6, 6.07) is -0.649. The first-order valence-electron chi connectivity index (χ1n) is 5.47. The van der Waals surface area contributed by atoms with Crippen molar-refractivity contribution < 1.29 is 38.5 Å². The fourth-order valence-corrected chi connectivity index (χ4v) is 2.05. The minimum atomic E-state index is -3.63. The summed E-state index contributed by atoms with van der Waals surface area (Å²) >= 11 is 0. The summed E-state index contributed by atoms with van der Waals surface area (Å²) in [5, 5.41) is 39.0. The van der Waals surface area contributed by atoms with E-state index >= 15 is 0 Å². The van der Waals surface area contributed by atoms with Crippen LogP contribution >= 0.6 is 0 Å². The van der Waals surface area contributed by atoms with Crippen LogP contribution in [0.1, 0.15) is 6.42 Å². The Morgan fingerprint density at radius 3 is 2.61 bits per heavy atom. The average molecular weight is 269 g/mol. The first kappa shape index (κ1) is 13.4. The van der Waals surface area contributed by atoms with Gasteiger partial charge in [-0.15, -0.1) is 0 Å². The van der Waals surface area contributed by atoms with Gasteiger partial charge >= 0.3 is 11.9 Å². The van der Waals surface area contributed by atoms with Gasteiger partial charge in [-0.3, -0.25) is 0 Å². The van der Waals surface area contributed by atoms with E-state index in [1.165, 1.54) is 0 Å². The predicted molar refractivity (Wildman–Crippen MR) is 53.2 cm³/mol. The smallest absolute Gasteiger partial charge is 0.446 e. The first-order valence-corrected chi connectivity index (χ1v) is 5.47. The van der Waals surface area contributed by atoms with Gasteiger partial charge in [0.15, 0.2) is 12.3 Å². The third-order valence-corrected chi connectivity index (χ3v) is 3.05. The molecule has 0 aromatic rings. The van der Waals surface area contributed by atoms with Gasteiger partial charge in [-0.2, -0.15) is 13.4 Å². The van der Waals surface area contributed by atoms with E-state index in [9.17, 15) is 24.1 Å². The molecule has 2 aliphatic heterocycles. The highest BCUT2D eigenvalue weighted by Gasteiger charge is 2.62. The Balaban J connectivity index is 2.26. The van der Waals surface area contributed by atoms with Crippen LogP contribution in [-0.2, 0) is 4.74 Å². The van der Waals surface area contributed by atoms with Crippen LogP contribution in [0.25, 0.3) is 0 Å². The Bertz CT molecular complexity index is 365. The number of rotatable bonds is 2. The van der Waals surface area contributed by atoms with Crippen molar-refractivity contribution in [1.82, 2.24) is 5.32 Å². The summed E-state index contributed by atoms with van der Waals surface area (Å²) < 4.78 is 33.2. The van der Waals surface area contributed by atoms with Crippen molar-refractivity contribution in [2.75, 3.05) is 13.2 Å². The molecule has 0 aliphatic carbocycles. The highest BCUT2D eigenvalue weighted by molar-refractivity contribution is 5.66. The van der Waals surface area contributed by atoms with Gasteiger partial charge in [-0.1, -0.05) is 0 Å². The zero-order chi connectivity index (χ0) is 13.5. The molecule has 9 heteroatoms. The molecule has 2 rings (SSSR count). The molecule has 2 heterocycles. The second-order valence-corrected chi connectivity index (χ2v) is 4.29. The van der Waals surface area contributed by atoms with E-state index in [1.54, 1.807) is 0 Å². The molecule has 0 aromatic carbocycles. The highest BCUT2D eigenvalue weighted by Crippen LogP contribution is 2.36. The van der Waals surface area contributed by atoms with Gasteiger partial charge in [-0.05, 0) is 0 Å². The van der Waals surface area contributed by atoms with Crippen molar-refractivity contribution in [2.45, 2.75) is 37.0 Å². The summed E-state index contributed by atoms with van der Waals surface area (Å²) in [7, 11) is 0. The number of halogens is 2. The number of aliphatic hydroxyl groups is 4. The van der Waals surface area contributed by atoms with Gasteiger partial charge in [0.25, 0.3) is 6.23 Å². The largest absolute Gasteiger partial charge is 0.447 e. The summed E-state index contributed by atoms with van der Waals surface area (Å²) in [5.74, 6) is -3.63. The van der Waals surface area contributed by atoms with Crippen LogP contribution in [0.5, 0.6) is 0 Å². The number of nitrogens with one attached hydrogen (secondary N) is 1. The Hall–Kier alpha value is -1.03. The Morgan fingerprint density at radius 1 is 1.44 bits per heavy atom. The number of hydrogen-bond donors (Lipinski definition) is 5. The number of ether oxygens (including phenoxy) is 1. The zero-order valence-corrected chi connectivity index (χ0v) is 9.33. The van der Waals surface area contributed by atoms with Gasteiger partial charge in [0, 0.05) is 0 Å². The second-order valence-electron chi connectivity index (χ2n) is 4.29. The van der Waals surface area contributed by atoms with Crippen LogP contribution in [0.15, 0.2) is 0 Å². The van der Waals surface area contributed by atoms with E-state index in [-0.39, 0.29) is 13.0 Å². The Morgan fingerprint density at radius 2 is 2.11 bits per heavy atom. The lowest BCUT2D eigenvalue weighted by Gasteiger charge is -2.24. The van der Waals surface area contributed by atoms with E-state index in [0.29, 0.717) is 0 Å². The molecule has 7 nitrogen and oxygen atoms in total. The molecule has 0 saturated carbocycles. The van der Waals surface area contributed by atoms with Crippen LogP contribution < -0.4 is 5.32 Å². The SMILES string of the molecule is OC[C@H]1O[C@@H]([N+]2=C(O)NC(O)CC2)C(F)(F)[C@@H]1O. The molecular formula is C9H15F2N2O5+. The lowest BCUT2D eigenvalue weighted by molar-refractivity contribution is -0.642. The normalized spacial score (nSPS) is 39.8. The molecular weight excluding hydrogens is 254 g/mol. The topological polar surface area (TPSA) is 105 Å². The summed E-state index contributed by atoms with van der Waals surface area (Å²) in [6.45, 7) is -0.816. The van der Waals surface area contributed by atoms with E-state index in [4.69, 9.17) is 9.84 Å². The maximum Gasteiger partial charge on any atom is 0.446 e. The van der Waals surface area contributed by atoms with Gasteiger partial charge in [-0.25, -0.2) is 5.32 Å². The van der Waals surface area contributed by atoms with Crippen molar-refractivity contribution in [2.24, 2.45) is 0 Å². The van der Waals surface area contributed by atoms with Crippen molar-refractivity contribution in [1.29, 1.82) is 0 Å². The molecule has 0 radical (unpaired) electrons. The monoisotopic (exact) mass is 269 g/mol. The standard InChI is InChI=1S/C9H14F2N2O5/c10-9(11)6(16)4(3-14)18-7(9)13-2-1-5(15)12-8(13)17/h4-7,14-16H,1-3H2,(H,12,17)/p+1/t4-,5?,6-,7-/m1/s1. The zero-order valence-electron chi connectivity index (χ0n) is 9.33. The number of aliphatic hydroxyl groups excluding tert-OH is 4. The molecule has 1 saturated heterocycles. The van der Waals surface area contributed by atoms with E-state index in [2.05, 4.69) is 5.32 Å². The van der Waals surface area contributed by atoms with Crippen molar-refractivity contribution >= 4 is 6.02 Å². The van der Waals surface area contributed by atoms with Crippen LogP contribution in [0, 0.1) is 0 Å². The summed E-state index contributed by atoms with van der Waals surface area (Å²) in [6.07, 6.45) is -6.35. The first-order chi connectivity index (χ1) is 8.37. The third kappa shape index (κ3) is 2.03. The van der Waals surface area contributed by atoms with Crippen LogP contribution in [-0.4, -0.2) is 74.8 Å².